The third-order valence-electron chi connectivity index (χ3n) is 3.13. The van der Waals surface area contributed by atoms with Crippen LogP contribution in [0, 0.1) is 11.8 Å². The summed E-state index contributed by atoms with van der Waals surface area (Å²) < 4.78 is 0. The Bertz CT molecular complexity index is 315. The lowest BCUT2D eigenvalue weighted by atomic mass is 9.95. The molecular formula is C13H24N2O3. The lowest BCUT2D eigenvalue weighted by Crippen LogP contribution is -2.63. The maximum absolute atomic E-state index is 12.2. The van der Waals surface area contributed by atoms with E-state index in [-0.39, 0.29) is 11.8 Å². The number of aliphatic hydroxyl groups excluding tert-OH is 1. The van der Waals surface area contributed by atoms with Crippen LogP contribution < -0.4 is 5.32 Å². The zero-order chi connectivity index (χ0) is 13.9. The lowest BCUT2D eigenvalue weighted by Gasteiger charge is -2.38. The Labute approximate surface area is 109 Å². The molecule has 1 rings (SSSR count). The van der Waals surface area contributed by atoms with E-state index >= 15 is 0 Å². The molecule has 0 aromatic carbocycles. The van der Waals surface area contributed by atoms with E-state index in [2.05, 4.69) is 5.32 Å². The maximum Gasteiger partial charge on any atom is 0.247 e. The van der Waals surface area contributed by atoms with Crippen molar-refractivity contribution in [2.75, 3.05) is 6.73 Å². The summed E-state index contributed by atoms with van der Waals surface area (Å²) in [6, 6.07) is -1.03. The molecular weight excluding hydrogens is 232 g/mol. The Morgan fingerprint density at radius 1 is 1.17 bits per heavy atom. The number of nitrogens with zero attached hydrogens (tertiary/aromatic N) is 1. The molecule has 1 fully saturated rings. The number of rotatable bonds is 5. The van der Waals surface area contributed by atoms with Crippen LogP contribution >= 0.6 is 0 Å². The highest BCUT2D eigenvalue weighted by Crippen LogP contribution is 2.19. The molecule has 1 aliphatic rings. The maximum atomic E-state index is 12.2. The molecule has 0 saturated carbocycles. The first kappa shape index (κ1) is 15.0. The molecule has 2 atom stereocenters. The van der Waals surface area contributed by atoms with Crippen molar-refractivity contribution >= 4 is 11.8 Å². The molecule has 0 bridgehead atoms. The third-order valence-corrected chi connectivity index (χ3v) is 3.13. The van der Waals surface area contributed by atoms with E-state index in [1.165, 1.54) is 4.90 Å². The van der Waals surface area contributed by atoms with Crippen LogP contribution in [-0.4, -0.2) is 40.6 Å². The van der Waals surface area contributed by atoms with Crippen molar-refractivity contribution in [2.24, 2.45) is 11.8 Å². The van der Waals surface area contributed by atoms with Crippen LogP contribution in [-0.2, 0) is 9.59 Å². The Kier molecular flexibility index (Phi) is 5.14. The van der Waals surface area contributed by atoms with Gasteiger partial charge in [0.2, 0.25) is 11.8 Å². The molecule has 18 heavy (non-hydrogen) atoms. The molecule has 0 aromatic heterocycles. The first-order valence-corrected chi connectivity index (χ1v) is 6.58. The molecule has 2 amide bonds. The number of amides is 2. The van der Waals surface area contributed by atoms with Crippen molar-refractivity contribution in [2.45, 2.75) is 52.6 Å². The molecule has 0 aromatic rings. The second-order valence-electron chi connectivity index (χ2n) is 5.79. The smallest absolute Gasteiger partial charge is 0.247 e. The predicted octanol–water partition coefficient (Wildman–Crippen LogP) is 0.724. The largest absolute Gasteiger partial charge is 0.376 e. The number of carbonyl (C=O) groups excluding carboxylic acids is 2. The topological polar surface area (TPSA) is 69.6 Å². The number of hydrogen-bond acceptors (Lipinski definition) is 3. The molecule has 5 heteroatoms. The van der Waals surface area contributed by atoms with Crippen molar-refractivity contribution in [3.8, 4) is 0 Å². The molecule has 2 N–H and O–H groups in total. The van der Waals surface area contributed by atoms with Gasteiger partial charge in [-0.25, -0.2) is 0 Å². The lowest BCUT2D eigenvalue weighted by molar-refractivity contribution is -0.154. The van der Waals surface area contributed by atoms with Gasteiger partial charge in [0.25, 0.3) is 0 Å². The minimum Gasteiger partial charge on any atom is -0.376 e. The summed E-state index contributed by atoms with van der Waals surface area (Å²) in [4.78, 5) is 25.5. The van der Waals surface area contributed by atoms with Gasteiger partial charge in [0, 0.05) is 0 Å². The van der Waals surface area contributed by atoms with E-state index in [4.69, 9.17) is 0 Å². The minimum atomic E-state index is -0.536. The van der Waals surface area contributed by atoms with E-state index in [0.29, 0.717) is 24.7 Å². The van der Waals surface area contributed by atoms with Crippen LogP contribution in [0.5, 0.6) is 0 Å². The Morgan fingerprint density at radius 3 is 2.17 bits per heavy atom. The summed E-state index contributed by atoms with van der Waals surface area (Å²) in [5.74, 6) is 0.296. The van der Waals surface area contributed by atoms with Crippen LogP contribution in [0.2, 0.25) is 0 Å². The number of piperazine rings is 1. The number of carbonyl (C=O) groups is 2. The van der Waals surface area contributed by atoms with Crippen LogP contribution in [0.3, 0.4) is 0 Å². The summed E-state index contributed by atoms with van der Waals surface area (Å²) in [6.07, 6.45) is 1.18. The molecule has 0 aliphatic carbocycles. The predicted molar refractivity (Wildman–Crippen MR) is 68.6 cm³/mol. The van der Waals surface area contributed by atoms with Crippen molar-refractivity contribution in [1.82, 2.24) is 10.2 Å². The fourth-order valence-electron chi connectivity index (χ4n) is 2.31. The summed E-state index contributed by atoms with van der Waals surface area (Å²) >= 11 is 0. The van der Waals surface area contributed by atoms with Crippen molar-refractivity contribution in [1.29, 1.82) is 0 Å². The third kappa shape index (κ3) is 3.45. The fourth-order valence-corrected chi connectivity index (χ4v) is 2.31. The van der Waals surface area contributed by atoms with Crippen LogP contribution in [0.4, 0.5) is 0 Å². The SMILES string of the molecule is CC(C)C[C@H]1NC(=O)[C@H](CC(C)C)N(CO)C1=O. The van der Waals surface area contributed by atoms with Gasteiger partial charge in [0.15, 0.2) is 0 Å². The summed E-state index contributed by atoms with van der Waals surface area (Å²) in [5, 5.41) is 12.1. The van der Waals surface area contributed by atoms with E-state index in [1.54, 1.807) is 0 Å². The minimum absolute atomic E-state index is 0.150. The highest BCUT2D eigenvalue weighted by Gasteiger charge is 2.40. The summed E-state index contributed by atoms with van der Waals surface area (Å²) in [6.45, 7) is 7.60. The van der Waals surface area contributed by atoms with Crippen molar-refractivity contribution < 1.29 is 14.7 Å². The molecule has 0 radical (unpaired) electrons. The highest BCUT2D eigenvalue weighted by atomic mass is 16.3. The Hall–Kier alpha value is -1.10. The van der Waals surface area contributed by atoms with Gasteiger partial charge < -0.3 is 15.3 Å². The zero-order valence-electron chi connectivity index (χ0n) is 11.6. The standard InChI is InChI=1S/C13H24N2O3/c1-8(2)5-10-13(18)15(7-16)11(6-9(3)4)12(17)14-10/h8-11,16H,5-7H2,1-4H3,(H,14,17)/t10-,11+/m1/s1. The number of hydrogen-bond donors (Lipinski definition) is 2. The average molecular weight is 256 g/mol. The number of nitrogens with one attached hydrogen (secondary N) is 1. The van der Waals surface area contributed by atoms with Gasteiger partial charge in [-0.2, -0.15) is 0 Å². The van der Waals surface area contributed by atoms with E-state index in [1.807, 2.05) is 27.7 Å². The van der Waals surface area contributed by atoms with Crippen LogP contribution in [0.15, 0.2) is 0 Å². The first-order chi connectivity index (χ1) is 8.36. The van der Waals surface area contributed by atoms with Gasteiger partial charge in [-0.1, -0.05) is 27.7 Å². The molecule has 1 aliphatic heterocycles. The normalized spacial score (nSPS) is 24.9. The first-order valence-electron chi connectivity index (χ1n) is 6.58. The molecule has 5 nitrogen and oxygen atoms in total. The molecule has 0 unspecified atom stereocenters. The average Bonchev–Trinajstić information content (AvgIpc) is 2.24. The Balaban J connectivity index is 2.82. The van der Waals surface area contributed by atoms with Crippen molar-refractivity contribution in [3.05, 3.63) is 0 Å². The summed E-state index contributed by atoms with van der Waals surface area (Å²) in [7, 11) is 0. The zero-order valence-corrected chi connectivity index (χ0v) is 11.6. The molecule has 104 valence electrons. The fraction of sp³-hybridized carbons (Fsp3) is 0.846. The van der Waals surface area contributed by atoms with E-state index < -0.39 is 18.8 Å². The van der Waals surface area contributed by atoms with Gasteiger partial charge in [-0.3, -0.25) is 9.59 Å². The highest BCUT2D eigenvalue weighted by molar-refractivity contribution is 5.96. The molecule has 1 saturated heterocycles. The van der Waals surface area contributed by atoms with Crippen LogP contribution in [0.25, 0.3) is 0 Å². The van der Waals surface area contributed by atoms with Crippen LogP contribution in [0.1, 0.15) is 40.5 Å². The van der Waals surface area contributed by atoms with E-state index in [9.17, 15) is 14.7 Å². The van der Waals surface area contributed by atoms with Gasteiger partial charge in [-0.05, 0) is 24.7 Å². The van der Waals surface area contributed by atoms with Gasteiger partial charge in [-0.15, -0.1) is 0 Å². The summed E-state index contributed by atoms with van der Waals surface area (Å²) in [5.41, 5.74) is 0. The Morgan fingerprint density at radius 2 is 1.72 bits per heavy atom. The van der Waals surface area contributed by atoms with Crippen molar-refractivity contribution in [3.63, 3.8) is 0 Å². The second-order valence-corrected chi connectivity index (χ2v) is 5.79. The van der Waals surface area contributed by atoms with E-state index in [0.717, 1.165) is 0 Å². The van der Waals surface area contributed by atoms with Gasteiger partial charge in [0.05, 0.1) is 0 Å². The second kappa shape index (κ2) is 6.18. The quantitative estimate of drug-likeness (QED) is 0.761. The monoisotopic (exact) mass is 256 g/mol. The molecule has 1 heterocycles. The van der Waals surface area contributed by atoms with Gasteiger partial charge >= 0.3 is 0 Å². The number of aliphatic hydroxyl groups is 1. The van der Waals surface area contributed by atoms with Gasteiger partial charge in [0.1, 0.15) is 18.8 Å². The molecule has 0 spiro atoms.